The van der Waals surface area contributed by atoms with Crippen LogP contribution in [0.3, 0.4) is 0 Å². The molecule has 1 amide bonds. The van der Waals surface area contributed by atoms with Gasteiger partial charge in [0.25, 0.3) is 0 Å². The highest BCUT2D eigenvalue weighted by molar-refractivity contribution is 9.10. The summed E-state index contributed by atoms with van der Waals surface area (Å²) in [6, 6.07) is 4.30. The Balaban J connectivity index is 2.45. The molecular weight excluding hydrogens is 293 g/mol. The smallest absolute Gasteiger partial charge is 0.305 e. The van der Waals surface area contributed by atoms with Crippen LogP contribution >= 0.6 is 15.9 Å². The van der Waals surface area contributed by atoms with Crippen molar-refractivity contribution in [2.45, 2.75) is 12.8 Å². The first-order valence-electron chi connectivity index (χ1n) is 4.91. The van der Waals surface area contributed by atoms with E-state index >= 15 is 0 Å². The van der Waals surface area contributed by atoms with E-state index in [4.69, 9.17) is 5.11 Å². The molecule has 0 saturated heterocycles. The summed E-state index contributed by atoms with van der Waals surface area (Å²) < 4.78 is 13.2. The second-order valence-corrected chi connectivity index (χ2v) is 4.27. The molecule has 0 aliphatic rings. The van der Waals surface area contributed by atoms with Gasteiger partial charge in [0.05, 0.1) is 17.3 Å². The second kappa shape index (κ2) is 6.34. The Labute approximate surface area is 106 Å². The minimum absolute atomic E-state index is 0.0938. The van der Waals surface area contributed by atoms with E-state index in [1.165, 1.54) is 18.2 Å². The third-order valence-electron chi connectivity index (χ3n) is 2.01. The lowest BCUT2D eigenvalue weighted by Crippen LogP contribution is -2.27. The number of carbonyl (C=O) groups excluding carboxylic acids is 1. The van der Waals surface area contributed by atoms with E-state index in [1.54, 1.807) is 0 Å². The van der Waals surface area contributed by atoms with Crippen LogP contribution in [-0.2, 0) is 16.0 Å². The van der Waals surface area contributed by atoms with Crippen LogP contribution in [0.25, 0.3) is 0 Å². The molecule has 2 N–H and O–H groups in total. The van der Waals surface area contributed by atoms with E-state index in [2.05, 4.69) is 21.2 Å². The predicted octanol–water partition coefficient (Wildman–Crippen LogP) is 1.72. The van der Waals surface area contributed by atoms with Crippen molar-refractivity contribution in [1.29, 1.82) is 0 Å². The van der Waals surface area contributed by atoms with E-state index < -0.39 is 5.97 Å². The molecule has 0 fully saturated rings. The van der Waals surface area contributed by atoms with Crippen molar-refractivity contribution < 1.29 is 19.1 Å². The van der Waals surface area contributed by atoms with Gasteiger partial charge in [-0.25, -0.2) is 4.39 Å². The number of amides is 1. The topological polar surface area (TPSA) is 66.4 Å². The molecule has 1 aromatic carbocycles. The maximum absolute atomic E-state index is 12.9. The first-order chi connectivity index (χ1) is 7.99. The molecule has 0 aromatic heterocycles. The largest absolute Gasteiger partial charge is 0.481 e. The van der Waals surface area contributed by atoms with Crippen molar-refractivity contribution in [3.05, 3.63) is 34.1 Å². The molecule has 0 spiro atoms. The monoisotopic (exact) mass is 303 g/mol. The first-order valence-corrected chi connectivity index (χ1v) is 5.71. The minimum atomic E-state index is -0.963. The predicted molar refractivity (Wildman–Crippen MR) is 63.1 cm³/mol. The molecule has 1 rings (SSSR count). The summed E-state index contributed by atoms with van der Waals surface area (Å²) in [4.78, 5) is 21.6. The first kappa shape index (κ1) is 13.6. The fourth-order valence-electron chi connectivity index (χ4n) is 1.21. The van der Waals surface area contributed by atoms with Gasteiger partial charge in [0.1, 0.15) is 5.82 Å². The van der Waals surface area contributed by atoms with Gasteiger partial charge in [-0.05, 0) is 33.6 Å². The van der Waals surface area contributed by atoms with Gasteiger partial charge >= 0.3 is 5.97 Å². The fourth-order valence-corrected chi connectivity index (χ4v) is 1.63. The molecule has 0 heterocycles. The van der Waals surface area contributed by atoms with Gasteiger partial charge in [-0.2, -0.15) is 0 Å². The average molecular weight is 304 g/mol. The Bertz CT molecular complexity index is 437. The van der Waals surface area contributed by atoms with E-state index in [9.17, 15) is 14.0 Å². The number of rotatable bonds is 5. The van der Waals surface area contributed by atoms with Crippen LogP contribution in [0.1, 0.15) is 12.0 Å². The zero-order valence-corrected chi connectivity index (χ0v) is 10.5. The summed E-state index contributed by atoms with van der Waals surface area (Å²) in [5.74, 6) is -1.64. The molecule has 0 radical (unpaired) electrons. The lowest BCUT2D eigenvalue weighted by molar-refractivity contribution is -0.136. The van der Waals surface area contributed by atoms with Gasteiger partial charge in [0, 0.05) is 6.54 Å². The third-order valence-corrected chi connectivity index (χ3v) is 2.62. The molecular formula is C11H11BrFNO3. The number of carbonyl (C=O) groups is 2. The van der Waals surface area contributed by atoms with Crippen LogP contribution < -0.4 is 5.32 Å². The highest BCUT2D eigenvalue weighted by atomic mass is 79.9. The third kappa shape index (κ3) is 4.95. The van der Waals surface area contributed by atoms with E-state index in [0.717, 1.165) is 0 Å². The lowest BCUT2D eigenvalue weighted by Gasteiger charge is -2.04. The molecule has 0 aliphatic carbocycles. The molecule has 0 unspecified atom stereocenters. The SMILES string of the molecule is O=C(O)CCNC(=O)Cc1ccc(F)c(Br)c1. The second-order valence-electron chi connectivity index (χ2n) is 3.42. The van der Waals surface area contributed by atoms with Gasteiger partial charge in [-0.15, -0.1) is 0 Å². The summed E-state index contributed by atoms with van der Waals surface area (Å²) in [5, 5.41) is 10.9. The van der Waals surface area contributed by atoms with Gasteiger partial charge in [0.15, 0.2) is 0 Å². The molecule has 0 saturated carbocycles. The number of carboxylic acids is 1. The molecule has 1 aromatic rings. The molecule has 0 bridgehead atoms. The van der Waals surface area contributed by atoms with Gasteiger partial charge in [-0.3, -0.25) is 9.59 Å². The van der Waals surface area contributed by atoms with Crippen LogP contribution in [0, 0.1) is 5.82 Å². The van der Waals surface area contributed by atoms with Crippen LogP contribution in [0.5, 0.6) is 0 Å². The number of carboxylic acid groups (broad SMARTS) is 1. The number of benzene rings is 1. The molecule has 4 nitrogen and oxygen atoms in total. The fraction of sp³-hybridized carbons (Fsp3) is 0.273. The Hall–Kier alpha value is -1.43. The normalized spacial score (nSPS) is 10.0. The van der Waals surface area contributed by atoms with E-state index in [1.807, 2.05) is 0 Å². The van der Waals surface area contributed by atoms with Crippen LogP contribution in [-0.4, -0.2) is 23.5 Å². The Morgan fingerprint density at radius 2 is 2.12 bits per heavy atom. The van der Waals surface area contributed by atoms with Crippen molar-refractivity contribution in [2.24, 2.45) is 0 Å². The van der Waals surface area contributed by atoms with Crippen LogP contribution in [0.2, 0.25) is 0 Å². The Morgan fingerprint density at radius 3 is 2.71 bits per heavy atom. The van der Waals surface area contributed by atoms with Crippen molar-refractivity contribution in [3.63, 3.8) is 0 Å². The highest BCUT2D eigenvalue weighted by Crippen LogP contribution is 2.16. The van der Waals surface area contributed by atoms with Crippen molar-refractivity contribution in [2.75, 3.05) is 6.54 Å². The number of hydrogen-bond acceptors (Lipinski definition) is 2. The van der Waals surface area contributed by atoms with Crippen molar-refractivity contribution >= 4 is 27.8 Å². The lowest BCUT2D eigenvalue weighted by atomic mass is 10.1. The summed E-state index contributed by atoms with van der Waals surface area (Å²) in [7, 11) is 0. The number of aliphatic carboxylic acids is 1. The average Bonchev–Trinajstić information content (AvgIpc) is 2.23. The van der Waals surface area contributed by atoms with E-state index in [0.29, 0.717) is 10.0 Å². The number of hydrogen-bond donors (Lipinski definition) is 2. The molecule has 6 heteroatoms. The standard InChI is InChI=1S/C11H11BrFNO3/c12-8-5-7(1-2-9(8)13)6-10(15)14-4-3-11(16)17/h1-2,5H,3-4,6H2,(H,14,15)(H,16,17). The van der Waals surface area contributed by atoms with Gasteiger partial charge < -0.3 is 10.4 Å². The minimum Gasteiger partial charge on any atom is -0.481 e. The Kier molecular flexibility index (Phi) is 5.09. The molecule has 0 aliphatic heterocycles. The zero-order chi connectivity index (χ0) is 12.8. The number of nitrogens with one attached hydrogen (secondary N) is 1. The Morgan fingerprint density at radius 1 is 1.41 bits per heavy atom. The van der Waals surface area contributed by atoms with Crippen molar-refractivity contribution in [3.8, 4) is 0 Å². The molecule has 17 heavy (non-hydrogen) atoms. The molecule has 92 valence electrons. The summed E-state index contributed by atoms with van der Waals surface area (Å²) in [6.07, 6.45) is -0.0165. The van der Waals surface area contributed by atoms with Crippen LogP contribution in [0.4, 0.5) is 4.39 Å². The maximum atomic E-state index is 12.9. The highest BCUT2D eigenvalue weighted by Gasteiger charge is 2.06. The van der Waals surface area contributed by atoms with Crippen LogP contribution in [0.15, 0.2) is 22.7 Å². The summed E-state index contributed by atoms with van der Waals surface area (Å²) >= 11 is 3.02. The number of halogens is 2. The summed E-state index contributed by atoms with van der Waals surface area (Å²) in [5.41, 5.74) is 0.658. The maximum Gasteiger partial charge on any atom is 0.305 e. The molecule has 0 atom stereocenters. The van der Waals surface area contributed by atoms with E-state index in [-0.39, 0.29) is 31.1 Å². The van der Waals surface area contributed by atoms with Crippen molar-refractivity contribution in [1.82, 2.24) is 5.32 Å². The zero-order valence-electron chi connectivity index (χ0n) is 8.87. The van der Waals surface area contributed by atoms with Gasteiger partial charge in [0.2, 0.25) is 5.91 Å². The van der Waals surface area contributed by atoms with Gasteiger partial charge in [-0.1, -0.05) is 6.07 Å². The quantitative estimate of drug-likeness (QED) is 0.870. The summed E-state index contributed by atoms with van der Waals surface area (Å²) in [6.45, 7) is 0.0938.